The second-order valence-electron chi connectivity index (χ2n) is 2.10. The van der Waals surface area contributed by atoms with Gasteiger partial charge in [0.25, 0.3) is 0 Å². The fourth-order valence-electron chi connectivity index (χ4n) is 0.761. The molecule has 0 spiro atoms. The molecule has 0 unspecified atom stereocenters. The summed E-state index contributed by atoms with van der Waals surface area (Å²) in [5, 5.41) is 7.90. The highest BCUT2D eigenvalue weighted by atomic mass is 35.5. The van der Waals surface area contributed by atoms with Crippen molar-refractivity contribution in [3.8, 4) is 0 Å². The van der Waals surface area contributed by atoms with Gasteiger partial charge in [0.1, 0.15) is 5.82 Å². The highest BCUT2D eigenvalue weighted by Crippen LogP contribution is 2.24. The van der Waals surface area contributed by atoms with E-state index in [1.807, 2.05) is 0 Å². The van der Waals surface area contributed by atoms with Gasteiger partial charge < -0.3 is 5.11 Å². The molecule has 0 heterocycles. The van der Waals surface area contributed by atoms with Crippen LogP contribution >= 0.6 is 11.6 Å². The lowest BCUT2D eigenvalue weighted by molar-refractivity contribution is 0.272. The molecule has 5 heteroatoms. The molecule has 0 amide bonds. The normalized spacial score (nSPS) is 10.4. The number of benzene rings is 1. The zero-order valence-corrected chi connectivity index (χ0v) is 6.50. The van der Waals surface area contributed by atoms with Crippen molar-refractivity contribution in [2.45, 2.75) is 6.61 Å². The molecule has 1 aromatic rings. The Hall–Kier alpha value is -0.740. The van der Waals surface area contributed by atoms with Gasteiger partial charge in [-0.3, -0.25) is 0 Å². The number of aliphatic hydroxyl groups is 1. The molecular formula is C7H4ClF3O. The molecule has 0 aliphatic rings. The summed E-state index contributed by atoms with van der Waals surface area (Å²) in [7, 11) is 0. The van der Waals surface area contributed by atoms with Crippen LogP contribution in [0.1, 0.15) is 5.56 Å². The van der Waals surface area contributed by atoms with Crippen LogP contribution < -0.4 is 0 Å². The van der Waals surface area contributed by atoms with Crippen LogP contribution in [0.3, 0.4) is 0 Å². The van der Waals surface area contributed by atoms with Crippen molar-refractivity contribution in [1.29, 1.82) is 0 Å². The second-order valence-corrected chi connectivity index (χ2v) is 2.48. The van der Waals surface area contributed by atoms with Gasteiger partial charge in [0.2, 0.25) is 0 Å². The minimum atomic E-state index is -1.36. The van der Waals surface area contributed by atoms with E-state index in [4.69, 9.17) is 16.7 Å². The summed E-state index contributed by atoms with van der Waals surface area (Å²) >= 11 is 5.23. The van der Waals surface area contributed by atoms with Crippen LogP contribution in [0.15, 0.2) is 6.07 Å². The molecule has 1 rings (SSSR count). The molecule has 0 radical (unpaired) electrons. The maximum Gasteiger partial charge on any atom is 0.166 e. The molecule has 0 saturated heterocycles. The standard InChI is InChI=1S/C7H4ClF3O/c8-6-3(2-12)7(11)5(10)1-4(6)9/h1,12H,2H2. The molecule has 0 saturated carbocycles. The van der Waals surface area contributed by atoms with Gasteiger partial charge in [-0.15, -0.1) is 0 Å². The molecular weight excluding hydrogens is 193 g/mol. The van der Waals surface area contributed by atoms with Gasteiger partial charge in [-0.05, 0) is 0 Å². The quantitative estimate of drug-likeness (QED) is 0.683. The van der Waals surface area contributed by atoms with Gasteiger partial charge in [0, 0.05) is 11.6 Å². The average Bonchev–Trinajstić information content (AvgIpc) is 2.02. The average molecular weight is 197 g/mol. The first-order chi connectivity index (χ1) is 5.57. The van der Waals surface area contributed by atoms with E-state index in [-0.39, 0.29) is 0 Å². The Kier molecular flexibility index (Phi) is 2.59. The van der Waals surface area contributed by atoms with E-state index in [1.54, 1.807) is 0 Å². The number of aliphatic hydroxyl groups excluding tert-OH is 1. The van der Waals surface area contributed by atoms with E-state index < -0.39 is 34.6 Å². The Morgan fingerprint density at radius 1 is 1.25 bits per heavy atom. The van der Waals surface area contributed by atoms with E-state index in [0.717, 1.165) is 0 Å². The summed E-state index contributed by atoms with van der Waals surface area (Å²) in [4.78, 5) is 0. The third kappa shape index (κ3) is 1.40. The maximum absolute atomic E-state index is 12.7. The van der Waals surface area contributed by atoms with Gasteiger partial charge in [-0.1, -0.05) is 11.6 Å². The Bertz CT molecular complexity index is 288. The topological polar surface area (TPSA) is 20.2 Å². The SMILES string of the molecule is OCc1c(F)c(F)cc(F)c1Cl. The van der Waals surface area contributed by atoms with E-state index in [0.29, 0.717) is 6.07 Å². The fraction of sp³-hybridized carbons (Fsp3) is 0.143. The minimum Gasteiger partial charge on any atom is -0.392 e. The van der Waals surface area contributed by atoms with E-state index in [2.05, 4.69) is 0 Å². The fourth-order valence-corrected chi connectivity index (χ4v) is 0.959. The summed E-state index contributed by atoms with van der Waals surface area (Å²) in [6, 6.07) is 0.330. The Morgan fingerprint density at radius 2 is 1.83 bits per heavy atom. The van der Waals surface area contributed by atoms with Crippen molar-refractivity contribution in [2.75, 3.05) is 0 Å². The van der Waals surface area contributed by atoms with E-state index in [1.165, 1.54) is 0 Å². The molecule has 0 aliphatic heterocycles. The highest BCUT2D eigenvalue weighted by Gasteiger charge is 2.16. The van der Waals surface area contributed by atoms with Crippen molar-refractivity contribution < 1.29 is 18.3 Å². The molecule has 1 nitrogen and oxygen atoms in total. The van der Waals surface area contributed by atoms with E-state index in [9.17, 15) is 13.2 Å². The van der Waals surface area contributed by atoms with Crippen LogP contribution in [-0.2, 0) is 6.61 Å². The van der Waals surface area contributed by atoms with Gasteiger partial charge in [-0.2, -0.15) is 0 Å². The number of rotatable bonds is 1. The highest BCUT2D eigenvalue weighted by molar-refractivity contribution is 6.31. The third-order valence-electron chi connectivity index (χ3n) is 1.36. The molecule has 1 N–H and O–H groups in total. The molecule has 0 aromatic heterocycles. The maximum atomic E-state index is 12.7. The predicted molar refractivity (Wildman–Crippen MR) is 37.2 cm³/mol. The number of hydrogen-bond donors (Lipinski definition) is 1. The zero-order valence-electron chi connectivity index (χ0n) is 5.74. The van der Waals surface area contributed by atoms with Crippen molar-refractivity contribution in [1.82, 2.24) is 0 Å². The largest absolute Gasteiger partial charge is 0.392 e. The summed E-state index contributed by atoms with van der Waals surface area (Å²) < 4.78 is 37.6. The molecule has 0 atom stereocenters. The summed E-state index contributed by atoms with van der Waals surface area (Å²) in [6.07, 6.45) is 0. The smallest absolute Gasteiger partial charge is 0.166 e. The van der Waals surface area contributed by atoms with Crippen LogP contribution in [0.5, 0.6) is 0 Å². The molecule has 1 aromatic carbocycles. The van der Waals surface area contributed by atoms with Crippen LogP contribution in [0.2, 0.25) is 5.02 Å². The Labute approximate surface area is 71.4 Å². The molecule has 12 heavy (non-hydrogen) atoms. The lowest BCUT2D eigenvalue weighted by Gasteiger charge is -2.03. The minimum absolute atomic E-state index is 0.330. The van der Waals surface area contributed by atoms with Crippen molar-refractivity contribution in [3.05, 3.63) is 34.1 Å². The summed E-state index contributed by atoms with van der Waals surface area (Å²) in [5.74, 6) is -3.76. The van der Waals surface area contributed by atoms with Crippen molar-refractivity contribution in [2.24, 2.45) is 0 Å². The number of hydrogen-bond acceptors (Lipinski definition) is 1. The Balaban J connectivity index is 3.42. The third-order valence-corrected chi connectivity index (χ3v) is 1.77. The molecule has 66 valence electrons. The first-order valence-electron chi connectivity index (χ1n) is 3.00. The van der Waals surface area contributed by atoms with Crippen LogP contribution in [-0.4, -0.2) is 5.11 Å². The van der Waals surface area contributed by atoms with Gasteiger partial charge in [-0.25, -0.2) is 13.2 Å². The first kappa shape index (κ1) is 9.35. The monoisotopic (exact) mass is 196 g/mol. The van der Waals surface area contributed by atoms with E-state index >= 15 is 0 Å². The lowest BCUT2D eigenvalue weighted by atomic mass is 10.2. The van der Waals surface area contributed by atoms with Gasteiger partial charge in [0.05, 0.1) is 11.6 Å². The van der Waals surface area contributed by atoms with Crippen molar-refractivity contribution in [3.63, 3.8) is 0 Å². The van der Waals surface area contributed by atoms with Crippen LogP contribution in [0.25, 0.3) is 0 Å². The number of halogens is 4. The van der Waals surface area contributed by atoms with Crippen LogP contribution in [0.4, 0.5) is 13.2 Å². The summed E-state index contributed by atoms with van der Waals surface area (Å²) in [5.41, 5.74) is -0.561. The first-order valence-corrected chi connectivity index (χ1v) is 3.38. The van der Waals surface area contributed by atoms with Crippen LogP contribution in [0, 0.1) is 17.5 Å². The molecule has 0 aliphatic carbocycles. The molecule has 0 bridgehead atoms. The second kappa shape index (κ2) is 3.33. The Morgan fingerprint density at radius 3 is 2.33 bits per heavy atom. The zero-order chi connectivity index (χ0) is 9.30. The lowest BCUT2D eigenvalue weighted by Crippen LogP contribution is -1.98. The predicted octanol–water partition coefficient (Wildman–Crippen LogP) is 2.25. The molecule has 0 fully saturated rings. The van der Waals surface area contributed by atoms with Gasteiger partial charge >= 0.3 is 0 Å². The van der Waals surface area contributed by atoms with Gasteiger partial charge in [0.15, 0.2) is 11.6 Å². The summed E-state index contributed by atoms with van der Waals surface area (Å²) in [6.45, 7) is -0.834. The van der Waals surface area contributed by atoms with Crippen molar-refractivity contribution >= 4 is 11.6 Å².